The molecule has 40 heavy (non-hydrogen) atoms. The molecule has 1 aromatic carbocycles. The van der Waals surface area contributed by atoms with Gasteiger partial charge in [-0.25, -0.2) is 4.79 Å². The number of hydrogen-bond donors (Lipinski definition) is 10. The van der Waals surface area contributed by atoms with E-state index in [1.807, 2.05) is 0 Å². The maximum atomic E-state index is 13.1. The molecule has 0 radical (unpaired) electrons. The molecule has 0 aliphatic rings. The van der Waals surface area contributed by atoms with Gasteiger partial charge in [0.05, 0.1) is 6.04 Å². The third-order valence-corrected chi connectivity index (χ3v) is 5.63. The molecule has 15 N–H and O–H groups in total. The standard InChI is InChI=1S/C24H40N10O6/c1-13(19(36)33-17(22(39)40)5-3-11-31-24(28)29)32-21(38)18(12-14-6-8-15(35)9-7-14)34-20(37)16(25)4-2-10-30-23(26)27/h6-9,13,16-18,35H,2-5,10-12,25H2,1H3,(H,32,38)(H,33,36)(H,34,37)(H,39,40)(H4,26,27,30)(H4,28,29,31). The first-order chi connectivity index (χ1) is 18.8. The summed E-state index contributed by atoms with van der Waals surface area (Å²) in [6.07, 6.45) is 1.04. The molecule has 0 aliphatic carbocycles. The number of nitrogens with two attached hydrogens (primary N) is 5. The first-order valence-corrected chi connectivity index (χ1v) is 12.6. The van der Waals surface area contributed by atoms with Crippen LogP contribution in [0.5, 0.6) is 5.75 Å². The number of aliphatic carboxylic acids is 1. The molecule has 0 aliphatic heterocycles. The normalized spacial score (nSPS) is 13.6. The van der Waals surface area contributed by atoms with Gasteiger partial charge in [-0.1, -0.05) is 12.1 Å². The van der Waals surface area contributed by atoms with Crippen molar-refractivity contribution in [2.75, 3.05) is 13.1 Å². The van der Waals surface area contributed by atoms with Crippen molar-refractivity contribution in [3.05, 3.63) is 29.8 Å². The van der Waals surface area contributed by atoms with Gasteiger partial charge >= 0.3 is 5.97 Å². The lowest BCUT2D eigenvalue weighted by Gasteiger charge is -2.23. The van der Waals surface area contributed by atoms with Crippen LogP contribution in [0.15, 0.2) is 34.3 Å². The van der Waals surface area contributed by atoms with Crippen LogP contribution in [0.3, 0.4) is 0 Å². The van der Waals surface area contributed by atoms with Crippen molar-refractivity contribution in [3.8, 4) is 5.75 Å². The van der Waals surface area contributed by atoms with Crippen LogP contribution >= 0.6 is 0 Å². The number of rotatable bonds is 17. The maximum absolute atomic E-state index is 13.1. The Morgan fingerprint density at radius 1 is 0.800 bits per heavy atom. The monoisotopic (exact) mass is 564 g/mol. The molecule has 0 saturated heterocycles. The molecule has 16 nitrogen and oxygen atoms in total. The Morgan fingerprint density at radius 2 is 1.32 bits per heavy atom. The van der Waals surface area contributed by atoms with Gasteiger partial charge in [0.25, 0.3) is 0 Å². The van der Waals surface area contributed by atoms with E-state index in [-0.39, 0.29) is 50.0 Å². The zero-order valence-electron chi connectivity index (χ0n) is 22.4. The molecule has 4 atom stereocenters. The lowest BCUT2D eigenvalue weighted by Crippen LogP contribution is -2.56. The predicted octanol–water partition coefficient (Wildman–Crippen LogP) is -3.07. The molecule has 0 saturated carbocycles. The van der Waals surface area contributed by atoms with Crippen molar-refractivity contribution >= 4 is 35.6 Å². The number of nitrogens with zero attached hydrogens (tertiary/aromatic N) is 2. The summed E-state index contributed by atoms with van der Waals surface area (Å²) in [5.41, 5.74) is 27.6. The predicted molar refractivity (Wildman–Crippen MR) is 149 cm³/mol. The Labute approximate surface area is 231 Å². The number of amides is 3. The van der Waals surface area contributed by atoms with Crippen LogP contribution in [-0.4, -0.2) is 83.1 Å². The van der Waals surface area contributed by atoms with Crippen molar-refractivity contribution in [3.63, 3.8) is 0 Å². The topological polar surface area (TPSA) is 300 Å². The van der Waals surface area contributed by atoms with E-state index in [4.69, 9.17) is 28.7 Å². The van der Waals surface area contributed by atoms with Crippen LogP contribution in [-0.2, 0) is 25.6 Å². The second-order valence-corrected chi connectivity index (χ2v) is 9.07. The number of guanidine groups is 2. The largest absolute Gasteiger partial charge is 0.508 e. The van der Waals surface area contributed by atoms with E-state index < -0.39 is 47.9 Å². The molecule has 1 aromatic rings. The Balaban J connectivity index is 2.87. The number of phenolic OH excluding ortho intramolecular Hbond substituents is 1. The van der Waals surface area contributed by atoms with Crippen LogP contribution in [0, 0.1) is 0 Å². The fourth-order valence-corrected chi connectivity index (χ4v) is 3.44. The van der Waals surface area contributed by atoms with Crippen molar-refractivity contribution in [1.82, 2.24) is 16.0 Å². The summed E-state index contributed by atoms with van der Waals surface area (Å²) < 4.78 is 0. The minimum absolute atomic E-state index is 0.0214. The molecular formula is C24H40N10O6. The maximum Gasteiger partial charge on any atom is 0.326 e. The SMILES string of the molecule is CC(NC(=O)C(Cc1ccc(O)cc1)NC(=O)C(N)CCCN=C(N)N)C(=O)NC(CCCN=C(N)N)C(=O)O. The number of nitrogens with one attached hydrogen (secondary N) is 3. The number of phenols is 1. The van der Waals surface area contributed by atoms with E-state index >= 15 is 0 Å². The van der Waals surface area contributed by atoms with Crippen LogP contribution in [0.4, 0.5) is 0 Å². The van der Waals surface area contributed by atoms with Gasteiger partial charge in [0.15, 0.2) is 11.9 Å². The lowest BCUT2D eigenvalue weighted by molar-refractivity contribution is -0.142. The zero-order chi connectivity index (χ0) is 30.2. The van der Waals surface area contributed by atoms with Crippen LogP contribution in [0.1, 0.15) is 38.2 Å². The van der Waals surface area contributed by atoms with Gasteiger partial charge in [0.1, 0.15) is 23.9 Å². The molecule has 0 spiro atoms. The van der Waals surface area contributed by atoms with Crippen LogP contribution < -0.4 is 44.6 Å². The molecule has 0 fully saturated rings. The van der Waals surface area contributed by atoms with Gasteiger partial charge in [-0.2, -0.15) is 0 Å². The highest BCUT2D eigenvalue weighted by Crippen LogP contribution is 2.12. The molecule has 222 valence electrons. The second kappa shape index (κ2) is 17.1. The minimum atomic E-state index is -1.26. The summed E-state index contributed by atoms with van der Waals surface area (Å²) in [5.74, 6) is -3.50. The average molecular weight is 565 g/mol. The third-order valence-electron chi connectivity index (χ3n) is 5.63. The third kappa shape index (κ3) is 13.3. The summed E-state index contributed by atoms with van der Waals surface area (Å²) in [5, 5.41) is 26.4. The number of carboxylic acid groups (broad SMARTS) is 1. The fraction of sp³-hybridized carbons (Fsp3) is 0.500. The van der Waals surface area contributed by atoms with Crippen molar-refractivity contribution < 1.29 is 29.4 Å². The number of carbonyl (C=O) groups excluding carboxylic acids is 3. The van der Waals surface area contributed by atoms with E-state index in [1.54, 1.807) is 12.1 Å². The highest BCUT2D eigenvalue weighted by molar-refractivity contribution is 5.94. The second-order valence-electron chi connectivity index (χ2n) is 9.07. The first kappa shape index (κ1) is 33.4. The highest BCUT2D eigenvalue weighted by atomic mass is 16.4. The van der Waals surface area contributed by atoms with E-state index in [1.165, 1.54) is 19.1 Å². The van der Waals surface area contributed by atoms with Gasteiger partial charge in [-0.3, -0.25) is 24.4 Å². The van der Waals surface area contributed by atoms with Crippen molar-refractivity contribution in [1.29, 1.82) is 0 Å². The summed E-state index contributed by atoms with van der Waals surface area (Å²) in [6, 6.07) is 1.55. The van der Waals surface area contributed by atoms with Crippen LogP contribution in [0.2, 0.25) is 0 Å². The van der Waals surface area contributed by atoms with Gasteiger partial charge in [-0.05, 0) is 50.3 Å². The number of aromatic hydroxyl groups is 1. The van der Waals surface area contributed by atoms with Gasteiger partial charge in [-0.15, -0.1) is 0 Å². The van der Waals surface area contributed by atoms with Crippen molar-refractivity contribution in [2.24, 2.45) is 38.7 Å². The van der Waals surface area contributed by atoms with E-state index in [0.717, 1.165) is 0 Å². The Morgan fingerprint density at radius 3 is 1.85 bits per heavy atom. The first-order valence-electron chi connectivity index (χ1n) is 12.6. The smallest absolute Gasteiger partial charge is 0.326 e. The quantitative estimate of drug-likeness (QED) is 0.0514. The minimum Gasteiger partial charge on any atom is -0.508 e. The van der Waals surface area contributed by atoms with E-state index in [9.17, 15) is 29.4 Å². The number of hydrogen-bond acceptors (Lipinski definition) is 8. The Bertz CT molecular complexity index is 1050. The molecule has 0 aromatic heterocycles. The summed E-state index contributed by atoms with van der Waals surface area (Å²) in [4.78, 5) is 57.7. The number of aliphatic imine (C=N–C) groups is 2. The van der Waals surface area contributed by atoms with E-state index in [2.05, 4.69) is 25.9 Å². The Hall–Kier alpha value is -4.60. The molecule has 0 heterocycles. The summed E-state index contributed by atoms with van der Waals surface area (Å²) in [6.45, 7) is 1.84. The molecule has 3 amide bonds. The lowest BCUT2D eigenvalue weighted by atomic mass is 10.0. The Kier molecular flexibility index (Phi) is 14.3. The average Bonchev–Trinajstić information content (AvgIpc) is 2.88. The number of benzene rings is 1. The highest BCUT2D eigenvalue weighted by Gasteiger charge is 2.28. The van der Waals surface area contributed by atoms with Gasteiger partial charge < -0.3 is 54.8 Å². The molecule has 4 unspecified atom stereocenters. The number of carbonyl (C=O) groups is 4. The molecule has 1 rings (SSSR count). The van der Waals surface area contributed by atoms with Crippen molar-refractivity contribution in [2.45, 2.75) is 63.2 Å². The summed E-state index contributed by atoms with van der Waals surface area (Å²) >= 11 is 0. The van der Waals surface area contributed by atoms with Crippen LogP contribution in [0.25, 0.3) is 0 Å². The van der Waals surface area contributed by atoms with Gasteiger partial charge in [0, 0.05) is 19.5 Å². The molecule has 16 heteroatoms. The summed E-state index contributed by atoms with van der Waals surface area (Å²) in [7, 11) is 0. The number of carboxylic acids is 1. The fourth-order valence-electron chi connectivity index (χ4n) is 3.44. The molecular weight excluding hydrogens is 524 g/mol. The van der Waals surface area contributed by atoms with E-state index in [0.29, 0.717) is 18.4 Å². The molecule has 0 bridgehead atoms. The van der Waals surface area contributed by atoms with Gasteiger partial charge in [0.2, 0.25) is 17.7 Å². The zero-order valence-corrected chi connectivity index (χ0v) is 22.4.